The van der Waals surface area contributed by atoms with Crippen LogP contribution in [0.2, 0.25) is 0 Å². The Hall–Kier alpha value is -3.07. The molecule has 2 aromatic heterocycles. The Morgan fingerprint density at radius 1 is 1.39 bits per heavy atom. The SMILES string of the molecule is O=C(O)CCc1cc(F)ccc1-n1ncc2c(=O)[nH]c(C[C@H]3CCNC3)nc21. The van der Waals surface area contributed by atoms with Crippen molar-refractivity contribution < 1.29 is 14.3 Å². The Kier molecular flexibility index (Phi) is 4.91. The van der Waals surface area contributed by atoms with Crippen LogP contribution < -0.4 is 10.9 Å². The van der Waals surface area contributed by atoms with Crippen LogP contribution >= 0.6 is 0 Å². The fraction of sp³-hybridized carbons (Fsp3) is 0.368. The van der Waals surface area contributed by atoms with Crippen molar-refractivity contribution in [2.24, 2.45) is 5.92 Å². The van der Waals surface area contributed by atoms with Gasteiger partial charge in [0.2, 0.25) is 0 Å². The number of fused-ring (bicyclic) bond motifs is 1. The monoisotopic (exact) mass is 385 g/mol. The molecule has 0 aliphatic carbocycles. The quantitative estimate of drug-likeness (QED) is 0.591. The summed E-state index contributed by atoms with van der Waals surface area (Å²) in [6, 6.07) is 4.11. The minimum absolute atomic E-state index is 0.135. The normalized spacial score (nSPS) is 16.7. The standard InChI is InChI=1S/C19H20FN5O3/c20-13-2-3-15(12(8-13)1-4-17(26)27)25-18-14(10-22-25)19(28)24-16(23-18)7-11-5-6-21-9-11/h2-3,8,10-11,21H,1,4-7,9H2,(H,26,27)(H,23,24,28)/t11-/m1/s1. The number of aryl methyl sites for hydroxylation is 1. The van der Waals surface area contributed by atoms with Crippen LogP contribution in [0.15, 0.2) is 29.2 Å². The van der Waals surface area contributed by atoms with Crippen molar-refractivity contribution in [2.45, 2.75) is 25.7 Å². The maximum atomic E-state index is 13.7. The van der Waals surface area contributed by atoms with Crippen molar-refractivity contribution in [1.29, 1.82) is 0 Å². The van der Waals surface area contributed by atoms with Crippen LogP contribution in [0.4, 0.5) is 4.39 Å². The zero-order chi connectivity index (χ0) is 19.7. The Labute approximate surface area is 159 Å². The maximum Gasteiger partial charge on any atom is 0.303 e. The molecule has 9 heteroatoms. The van der Waals surface area contributed by atoms with E-state index in [0.29, 0.717) is 40.4 Å². The second-order valence-corrected chi connectivity index (χ2v) is 7.04. The number of aliphatic carboxylic acids is 1. The first-order valence-corrected chi connectivity index (χ1v) is 9.19. The second kappa shape index (κ2) is 7.51. The average molecular weight is 385 g/mol. The lowest BCUT2D eigenvalue weighted by Gasteiger charge is -2.11. The van der Waals surface area contributed by atoms with Crippen molar-refractivity contribution in [3.63, 3.8) is 0 Å². The summed E-state index contributed by atoms with van der Waals surface area (Å²) in [4.78, 5) is 30.8. The van der Waals surface area contributed by atoms with Gasteiger partial charge < -0.3 is 15.4 Å². The van der Waals surface area contributed by atoms with Gasteiger partial charge in [0.1, 0.15) is 17.0 Å². The maximum absolute atomic E-state index is 13.7. The molecule has 0 amide bonds. The van der Waals surface area contributed by atoms with Gasteiger partial charge in [-0.1, -0.05) is 0 Å². The predicted octanol–water partition coefficient (Wildman–Crippen LogP) is 1.42. The number of benzene rings is 1. The highest BCUT2D eigenvalue weighted by Gasteiger charge is 2.19. The molecule has 146 valence electrons. The number of aromatic amines is 1. The van der Waals surface area contributed by atoms with Gasteiger partial charge in [-0.05, 0) is 55.6 Å². The molecular formula is C19H20FN5O3. The van der Waals surface area contributed by atoms with E-state index >= 15 is 0 Å². The first kappa shape index (κ1) is 18.3. The smallest absolute Gasteiger partial charge is 0.303 e. The molecule has 3 N–H and O–H groups in total. The molecule has 0 radical (unpaired) electrons. The molecule has 0 unspecified atom stereocenters. The van der Waals surface area contributed by atoms with Gasteiger partial charge >= 0.3 is 5.97 Å². The summed E-state index contributed by atoms with van der Waals surface area (Å²) < 4.78 is 15.2. The highest BCUT2D eigenvalue weighted by molar-refractivity contribution is 5.75. The van der Waals surface area contributed by atoms with E-state index in [1.165, 1.54) is 29.1 Å². The van der Waals surface area contributed by atoms with Gasteiger partial charge in [-0.25, -0.2) is 14.1 Å². The average Bonchev–Trinajstić information content (AvgIpc) is 3.30. The third kappa shape index (κ3) is 3.65. The molecule has 1 aromatic carbocycles. The summed E-state index contributed by atoms with van der Waals surface area (Å²) in [6.07, 6.45) is 3.11. The number of rotatable bonds is 6. The molecule has 4 rings (SSSR count). The third-order valence-electron chi connectivity index (χ3n) is 5.01. The molecular weight excluding hydrogens is 365 g/mol. The van der Waals surface area contributed by atoms with Crippen molar-refractivity contribution >= 4 is 17.0 Å². The van der Waals surface area contributed by atoms with E-state index in [4.69, 9.17) is 5.11 Å². The number of hydrogen-bond acceptors (Lipinski definition) is 5. The number of carboxylic acid groups (broad SMARTS) is 1. The molecule has 1 aliphatic heterocycles. The lowest BCUT2D eigenvalue weighted by molar-refractivity contribution is -0.136. The van der Waals surface area contributed by atoms with Crippen molar-refractivity contribution in [3.8, 4) is 5.69 Å². The molecule has 28 heavy (non-hydrogen) atoms. The van der Waals surface area contributed by atoms with E-state index in [1.54, 1.807) is 0 Å². The van der Waals surface area contributed by atoms with Gasteiger partial charge in [0.05, 0.1) is 11.9 Å². The highest BCUT2D eigenvalue weighted by atomic mass is 19.1. The first-order chi connectivity index (χ1) is 13.5. The summed E-state index contributed by atoms with van der Waals surface area (Å²) in [7, 11) is 0. The van der Waals surface area contributed by atoms with Crippen LogP contribution in [-0.4, -0.2) is 43.9 Å². The number of carboxylic acids is 1. The largest absolute Gasteiger partial charge is 0.481 e. The Balaban J connectivity index is 1.77. The van der Waals surface area contributed by atoms with Gasteiger partial charge in [-0.15, -0.1) is 0 Å². The van der Waals surface area contributed by atoms with E-state index in [1.807, 2.05) is 0 Å². The van der Waals surface area contributed by atoms with E-state index < -0.39 is 11.8 Å². The van der Waals surface area contributed by atoms with Gasteiger partial charge in [0.15, 0.2) is 5.65 Å². The zero-order valence-corrected chi connectivity index (χ0v) is 15.1. The number of H-pyrrole nitrogens is 1. The van der Waals surface area contributed by atoms with Crippen LogP contribution in [0, 0.1) is 11.7 Å². The second-order valence-electron chi connectivity index (χ2n) is 7.04. The Bertz CT molecular complexity index is 1080. The zero-order valence-electron chi connectivity index (χ0n) is 15.1. The summed E-state index contributed by atoms with van der Waals surface area (Å²) in [5.74, 6) is -0.431. The fourth-order valence-electron chi connectivity index (χ4n) is 3.60. The fourth-order valence-corrected chi connectivity index (χ4v) is 3.60. The lowest BCUT2D eigenvalue weighted by Crippen LogP contribution is -2.17. The highest BCUT2D eigenvalue weighted by Crippen LogP contribution is 2.21. The topological polar surface area (TPSA) is 113 Å². The molecule has 1 aliphatic rings. The summed E-state index contributed by atoms with van der Waals surface area (Å²) in [6.45, 7) is 1.84. The number of carbonyl (C=O) groups is 1. The molecule has 1 saturated heterocycles. The summed E-state index contributed by atoms with van der Waals surface area (Å²) in [5, 5.41) is 16.9. The predicted molar refractivity (Wildman–Crippen MR) is 100 cm³/mol. The minimum atomic E-state index is -0.970. The summed E-state index contributed by atoms with van der Waals surface area (Å²) >= 11 is 0. The molecule has 3 aromatic rings. The number of nitrogens with one attached hydrogen (secondary N) is 2. The Morgan fingerprint density at radius 3 is 3.00 bits per heavy atom. The molecule has 0 bridgehead atoms. The third-order valence-corrected chi connectivity index (χ3v) is 5.01. The molecule has 0 spiro atoms. The van der Waals surface area contributed by atoms with Crippen molar-refractivity contribution in [3.05, 3.63) is 52.0 Å². The molecule has 1 fully saturated rings. The minimum Gasteiger partial charge on any atom is -0.481 e. The van der Waals surface area contributed by atoms with Crippen LogP contribution in [0.1, 0.15) is 24.2 Å². The molecule has 0 saturated carbocycles. The van der Waals surface area contributed by atoms with E-state index in [9.17, 15) is 14.0 Å². The Morgan fingerprint density at radius 2 is 2.25 bits per heavy atom. The van der Waals surface area contributed by atoms with Gasteiger partial charge in [0.25, 0.3) is 5.56 Å². The summed E-state index contributed by atoms with van der Waals surface area (Å²) in [5.41, 5.74) is 1.12. The van der Waals surface area contributed by atoms with Gasteiger partial charge in [0, 0.05) is 12.8 Å². The lowest BCUT2D eigenvalue weighted by atomic mass is 10.0. The molecule has 8 nitrogen and oxygen atoms in total. The van der Waals surface area contributed by atoms with E-state index in [0.717, 1.165) is 19.5 Å². The van der Waals surface area contributed by atoms with Crippen LogP contribution in [-0.2, 0) is 17.6 Å². The van der Waals surface area contributed by atoms with E-state index in [2.05, 4.69) is 20.4 Å². The van der Waals surface area contributed by atoms with E-state index in [-0.39, 0.29) is 18.4 Å². The van der Waals surface area contributed by atoms with Crippen LogP contribution in [0.5, 0.6) is 0 Å². The number of hydrogen-bond donors (Lipinski definition) is 3. The molecule has 1 atom stereocenters. The van der Waals surface area contributed by atoms with Crippen LogP contribution in [0.3, 0.4) is 0 Å². The van der Waals surface area contributed by atoms with Crippen molar-refractivity contribution in [2.75, 3.05) is 13.1 Å². The van der Waals surface area contributed by atoms with Crippen molar-refractivity contribution in [1.82, 2.24) is 25.1 Å². The van der Waals surface area contributed by atoms with Gasteiger partial charge in [-0.3, -0.25) is 9.59 Å². The van der Waals surface area contributed by atoms with Gasteiger partial charge in [-0.2, -0.15) is 5.10 Å². The number of aromatic nitrogens is 4. The first-order valence-electron chi connectivity index (χ1n) is 9.19. The number of halogens is 1. The van der Waals surface area contributed by atoms with Crippen LogP contribution in [0.25, 0.3) is 16.7 Å². The number of nitrogens with zero attached hydrogens (tertiary/aromatic N) is 3. The molecule has 3 heterocycles.